The number of hydrogen-bond donors (Lipinski definition) is 1. The number of carbonyl (C=O) groups excluding carboxylic acids is 1. The standard InChI is InChI=1S/C23H24F3N3O2/c1-13-10-11-14(23(2,3)4)17(12-13)31-16-9-7-6-8-15(16)27-22(30)18-19(20(24)25)28-29(5)21(18)26/h6-12,20H,1-5H3,(H,27,30). The Kier molecular flexibility index (Phi) is 6.10. The second kappa shape index (κ2) is 8.45. The van der Waals surface area contributed by atoms with E-state index >= 15 is 0 Å². The summed E-state index contributed by atoms with van der Waals surface area (Å²) in [5.41, 5.74) is 0.257. The summed E-state index contributed by atoms with van der Waals surface area (Å²) < 4.78 is 47.5. The Bertz CT molecular complexity index is 1120. The molecule has 0 unspecified atom stereocenters. The molecule has 164 valence electrons. The number of amides is 1. The molecule has 0 aliphatic heterocycles. The van der Waals surface area contributed by atoms with Crippen molar-refractivity contribution in [3.8, 4) is 11.5 Å². The molecule has 0 saturated carbocycles. The summed E-state index contributed by atoms with van der Waals surface area (Å²) in [6.07, 6.45) is -3.09. The minimum atomic E-state index is -3.09. The van der Waals surface area contributed by atoms with Crippen molar-refractivity contribution in [2.45, 2.75) is 39.5 Å². The molecule has 3 aromatic rings. The van der Waals surface area contributed by atoms with E-state index in [4.69, 9.17) is 4.74 Å². The zero-order chi connectivity index (χ0) is 22.9. The molecule has 0 bridgehead atoms. The van der Waals surface area contributed by atoms with Crippen LogP contribution in [-0.4, -0.2) is 15.7 Å². The molecule has 1 amide bonds. The lowest BCUT2D eigenvalue weighted by molar-refractivity contribution is 0.100. The third kappa shape index (κ3) is 4.73. The van der Waals surface area contributed by atoms with Crippen molar-refractivity contribution in [1.29, 1.82) is 0 Å². The van der Waals surface area contributed by atoms with Crippen LogP contribution in [0.25, 0.3) is 0 Å². The van der Waals surface area contributed by atoms with Gasteiger partial charge in [-0.3, -0.25) is 4.79 Å². The number of nitrogens with one attached hydrogen (secondary N) is 1. The molecule has 0 aliphatic rings. The summed E-state index contributed by atoms with van der Waals surface area (Å²) in [5.74, 6) is -1.26. The number of ether oxygens (including phenoxy) is 1. The summed E-state index contributed by atoms with van der Waals surface area (Å²) in [6.45, 7) is 8.09. The van der Waals surface area contributed by atoms with Crippen LogP contribution in [0.4, 0.5) is 18.9 Å². The average molecular weight is 431 g/mol. The molecule has 1 N–H and O–H groups in total. The molecule has 0 aliphatic carbocycles. The zero-order valence-corrected chi connectivity index (χ0v) is 18.0. The molecule has 0 fully saturated rings. The summed E-state index contributed by atoms with van der Waals surface area (Å²) in [4.78, 5) is 12.7. The third-order valence-corrected chi connectivity index (χ3v) is 4.74. The van der Waals surface area contributed by atoms with E-state index in [2.05, 4.69) is 31.2 Å². The number of aryl methyl sites for hydroxylation is 2. The second-order valence-corrected chi connectivity index (χ2v) is 8.28. The van der Waals surface area contributed by atoms with Crippen LogP contribution >= 0.6 is 0 Å². The first kappa shape index (κ1) is 22.4. The van der Waals surface area contributed by atoms with Crippen LogP contribution in [0.15, 0.2) is 42.5 Å². The lowest BCUT2D eigenvalue weighted by Gasteiger charge is -2.23. The van der Waals surface area contributed by atoms with E-state index in [0.717, 1.165) is 18.2 Å². The Labute approximate surface area is 178 Å². The van der Waals surface area contributed by atoms with Crippen molar-refractivity contribution in [3.05, 3.63) is 70.8 Å². The van der Waals surface area contributed by atoms with Gasteiger partial charge < -0.3 is 10.1 Å². The van der Waals surface area contributed by atoms with Crippen LogP contribution in [0.5, 0.6) is 11.5 Å². The number of anilines is 1. The first-order valence-corrected chi connectivity index (χ1v) is 9.69. The lowest BCUT2D eigenvalue weighted by Crippen LogP contribution is -2.16. The Balaban J connectivity index is 1.97. The quantitative estimate of drug-likeness (QED) is 0.527. The number of benzene rings is 2. The Morgan fingerprint density at radius 1 is 1.13 bits per heavy atom. The van der Waals surface area contributed by atoms with Gasteiger partial charge >= 0.3 is 0 Å². The Morgan fingerprint density at radius 3 is 2.45 bits per heavy atom. The van der Waals surface area contributed by atoms with Gasteiger partial charge in [-0.25, -0.2) is 13.5 Å². The molecule has 31 heavy (non-hydrogen) atoms. The molecular weight excluding hydrogens is 407 g/mol. The van der Waals surface area contributed by atoms with Gasteiger partial charge in [0.1, 0.15) is 17.0 Å². The number of nitrogens with zero attached hydrogens (tertiary/aromatic N) is 2. The van der Waals surface area contributed by atoms with Gasteiger partial charge in [0.2, 0.25) is 5.95 Å². The SMILES string of the molecule is Cc1ccc(C(C)(C)C)c(Oc2ccccc2NC(=O)c2c(C(F)F)nn(C)c2F)c1. The third-order valence-electron chi connectivity index (χ3n) is 4.74. The van der Waals surface area contributed by atoms with Crippen LogP contribution in [0.1, 0.15) is 54.4 Å². The molecule has 3 rings (SSSR count). The van der Waals surface area contributed by atoms with Crippen molar-refractivity contribution in [2.75, 3.05) is 5.32 Å². The molecule has 1 heterocycles. The van der Waals surface area contributed by atoms with E-state index in [1.165, 1.54) is 0 Å². The van der Waals surface area contributed by atoms with Gasteiger partial charge in [0.05, 0.1) is 5.69 Å². The fourth-order valence-electron chi connectivity index (χ4n) is 3.18. The number of aromatic nitrogens is 2. The molecule has 0 saturated heterocycles. The highest BCUT2D eigenvalue weighted by Gasteiger charge is 2.29. The monoisotopic (exact) mass is 431 g/mol. The molecular formula is C23H24F3N3O2. The van der Waals surface area contributed by atoms with Crippen LogP contribution in [0.2, 0.25) is 0 Å². The maximum Gasteiger partial charge on any atom is 0.283 e. The van der Waals surface area contributed by atoms with E-state index in [1.807, 2.05) is 25.1 Å². The van der Waals surface area contributed by atoms with Gasteiger partial charge in [-0.15, -0.1) is 0 Å². The number of para-hydroxylation sites is 2. The number of rotatable bonds is 5. The van der Waals surface area contributed by atoms with Gasteiger partial charge in [-0.05, 0) is 36.1 Å². The van der Waals surface area contributed by atoms with Gasteiger partial charge in [0.25, 0.3) is 12.3 Å². The van der Waals surface area contributed by atoms with E-state index in [-0.39, 0.29) is 11.1 Å². The Morgan fingerprint density at radius 2 is 1.81 bits per heavy atom. The number of alkyl halides is 2. The fraction of sp³-hybridized carbons (Fsp3) is 0.304. The van der Waals surface area contributed by atoms with Crippen molar-refractivity contribution < 1.29 is 22.7 Å². The maximum absolute atomic E-state index is 14.3. The number of carbonyl (C=O) groups is 1. The molecule has 0 spiro atoms. The van der Waals surface area contributed by atoms with Crippen LogP contribution in [-0.2, 0) is 12.5 Å². The summed E-state index contributed by atoms with van der Waals surface area (Å²) in [6, 6.07) is 12.4. The normalized spacial score (nSPS) is 11.6. The average Bonchev–Trinajstić information content (AvgIpc) is 2.97. The summed E-state index contributed by atoms with van der Waals surface area (Å²) in [5, 5.41) is 5.89. The zero-order valence-electron chi connectivity index (χ0n) is 18.0. The predicted octanol–water partition coefficient (Wildman–Crippen LogP) is 6.15. The minimum absolute atomic E-state index is 0.202. The van der Waals surface area contributed by atoms with Crippen molar-refractivity contribution in [3.63, 3.8) is 0 Å². The fourth-order valence-corrected chi connectivity index (χ4v) is 3.18. The highest BCUT2D eigenvalue weighted by atomic mass is 19.3. The molecule has 5 nitrogen and oxygen atoms in total. The molecule has 0 radical (unpaired) electrons. The maximum atomic E-state index is 14.3. The van der Waals surface area contributed by atoms with Crippen molar-refractivity contribution in [1.82, 2.24) is 9.78 Å². The first-order valence-electron chi connectivity index (χ1n) is 9.69. The number of hydrogen-bond acceptors (Lipinski definition) is 3. The van der Waals surface area contributed by atoms with Gasteiger partial charge in [-0.1, -0.05) is 45.0 Å². The van der Waals surface area contributed by atoms with Crippen molar-refractivity contribution in [2.24, 2.45) is 7.05 Å². The van der Waals surface area contributed by atoms with E-state index in [9.17, 15) is 18.0 Å². The van der Waals surface area contributed by atoms with Gasteiger partial charge in [0.15, 0.2) is 5.75 Å². The smallest absolute Gasteiger partial charge is 0.283 e. The van der Waals surface area contributed by atoms with Crippen LogP contribution < -0.4 is 10.1 Å². The molecule has 1 aromatic heterocycles. The van der Waals surface area contributed by atoms with E-state index in [1.54, 1.807) is 24.3 Å². The van der Waals surface area contributed by atoms with Gasteiger partial charge in [-0.2, -0.15) is 9.49 Å². The predicted molar refractivity (Wildman–Crippen MR) is 112 cm³/mol. The number of halogens is 3. The molecule has 0 atom stereocenters. The van der Waals surface area contributed by atoms with Crippen LogP contribution in [0.3, 0.4) is 0 Å². The second-order valence-electron chi connectivity index (χ2n) is 8.28. The molecule has 8 heteroatoms. The van der Waals surface area contributed by atoms with E-state index < -0.39 is 29.5 Å². The Hall–Kier alpha value is -3.29. The van der Waals surface area contributed by atoms with E-state index in [0.29, 0.717) is 16.2 Å². The highest BCUT2D eigenvalue weighted by Crippen LogP contribution is 2.37. The highest BCUT2D eigenvalue weighted by molar-refractivity contribution is 6.06. The molecule has 2 aromatic carbocycles. The topological polar surface area (TPSA) is 56.1 Å². The largest absolute Gasteiger partial charge is 0.455 e. The first-order chi connectivity index (χ1) is 14.5. The summed E-state index contributed by atoms with van der Waals surface area (Å²) in [7, 11) is 1.15. The van der Waals surface area contributed by atoms with Crippen LogP contribution in [0, 0.1) is 12.9 Å². The summed E-state index contributed by atoms with van der Waals surface area (Å²) >= 11 is 0. The van der Waals surface area contributed by atoms with Crippen molar-refractivity contribution >= 4 is 11.6 Å². The minimum Gasteiger partial charge on any atom is -0.455 e. The lowest BCUT2D eigenvalue weighted by atomic mass is 9.86. The van der Waals surface area contributed by atoms with Gasteiger partial charge in [0, 0.05) is 12.6 Å².